The maximum absolute atomic E-state index is 12.6. The fourth-order valence-corrected chi connectivity index (χ4v) is 3.55. The van der Waals surface area contributed by atoms with E-state index in [0.29, 0.717) is 23.1 Å². The van der Waals surface area contributed by atoms with E-state index in [9.17, 15) is 4.79 Å². The van der Waals surface area contributed by atoms with Crippen molar-refractivity contribution in [1.29, 1.82) is 0 Å². The minimum absolute atomic E-state index is 0.231. The van der Waals surface area contributed by atoms with Crippen LogP contribution in [0.5, 0.6) is 5.75 Å². The van der Waals surface area contributed by atoms with Gasteiger partial charge in [-0.1, -0.05) is 29.8 Å². The average molecular weight is 378 g/mol. The molecule has 0 fully saturated rings. The maximum Gasteiger partial charge on any atom is 0.269 e. The Labute approximate surface area is 160 Å². The zero-order chi connectivity index (χ0) is 18.8. The first-order chi connectivity index (χ1) is 13.1. The third kappa shape index (κ3) is 3.83. The van der Waals surface area contributed by atoms with E-state index in [1.165, 1.54) is 16.9 Å². The highest BCUT2D eigenvalue weighted by Crippen LogP contribution is 2.22. The summed E-state index contributed by atoms with van der Waals surface area (Å²) in [6.45, 7) is 4.17. The largest absolute Gasteiger partial charge is 0.486 e. The highest BCUT2D eigenvalue weighted by molar-refractivity contribution is 7.13. The van der Waals surface area contributed by atoms with Crippen LogP contribution in [0.15, 0.2) is 48.5 Å². The van der Waals surface area contributed by atoms with Crippen LogP contribution in [-0.4, -0.2) is 20.9 Å². The van der Waals surface area contributed by atoms with Crippen molar-refractivity contribution in [2.24, 2.45) is 0 Å². The fraction of sp³-hybridized carbons (Fsp3) is 0.150. The number of benzene rings is 2. The molecular weight excluding hydrogens is 360 g/mol. The van der Waals surface area contributed by atoms with Crippen LogP contribution in [0.3, 0.4) is 0 Å². The van der Waals surface area contributed by atoms with E-state index in [-0.39, 0.29) is 5.91 Å². The predicted molar refractivity (Wildman–Crippen MR) is 106 cm³/mol. The minimum atomic E-state index is -0.231. The van der Waals surface area contributed by atoms with E-state index in [4.69, 9.17) is 4.74 Å². The third-order valence-electron chi connectivity index (χ3n) is 4.05. The molecule has 2 aromatic heterocycles. The lowest BCUT2D eigenvalue weighted by Gasteiger charge is -2.03. The van der Waals surface area contributed by atoms with Gasteiger partial charge in [0.1, 0.15) is 22.2 Å². The van der Waals surface area contributed by atoms with Gasteiger partial charge in [0.2, 0.25) is 5.95 Å². The van der Waals surface area contributed by atoms with Gasteiger partial charge in [-0.15, -0.1) is 11.3 Å². The van der Waals surface area contributed by atoms with Crippen molar-refractivity contribution in [3.8, 4) is 5.75 Å². The number of nitrogens with one attached hydrogen (secondary N) is 2. The zero-order valence-electron chi connectivity index (χ0n) is 14.9. The van der Waals surface area contributed by atoms with E-state index in [2.05, 4.69) is 20.3 Å². The molecule has 4 aromatic rings. The number of amides is 1. The first kappa shape index (κ1) is 17.2. The van der Waals surface area contributed by atoms with Crippen LogP contribution in [0.25, 0.3) is 11.0 Å². The Morgan fingerprint density at radius 3 is 2.67 bits per heavy atom. The molecule has 0 saturated carbocycles. The van der Waals surface area contributed by atoms with Gasteiger partial charge >= 0.3 is 0 Å². The molecule has 0 aliphatic rings. The topological polar surface area (TPSA) is 79.9 Å². The van der Waals surface area contributed by atoms with Crippen molar-refractivity contribution >= 4 is 34.2 Å². The van der Waals surface area contributed by atoms with Crippen molar-refractivity contribution in [2.45, 2.75) is 20.5 Å². The van der Waals surface area contributed by atoms with Crippen LogP contribution in [0.2, 0.25) is 0 Å². The molecule has 2 N–H and O–H groups in total. The van der Waals surface area contributed by atoms with Crippen LogP contribution < -0.4 is 10.1 Å². The molecule has 0 spiro atoms. The van der Waals surface area contributed by atoms with Gasteiger partial charge in [-0.05, 0) is 38.1 Å². The summed E-state index contributed by atoms with van der Waals surface area (Å²) < 4.78 is 5.75. The van der Waals surface area contributed by atoms with Crippen molar-refractivity contribution in [3.63, 3.8) is 0 Å². The van der Waals surface area contributed by atoms with Crippen molar-refractivity contribution in [2.75, 3.05) is 5.32 Å². The molecule has 0 radical (unpaired) electrons. The number of ether oxygens (including phenoxy) is 1. The fourth-order valence-electron chi connectivity index (χ4n) is 2.68. The second kappa shape index (κ2) is 7.20. The first-order valence-electron chi connectivity index (χ1n) is 8.50. The Morgan fingerprint density at radius 1 is 1.11 bits per heavy atom. The molecule has 2 aromatic carbocycles. The number of fused-ring (bicyclic) bond motifs is 1. The molecule has 6 nitrogen and oxygen atoms in total. The Bertz CT molecular complexity index is 1070. The molecule has 0 unspecified atom stereocenters. The van der Waals surface area contributed by atoms with Crippen LogP contribution in [0.1, 0.15) is 25.9 Å². The van der Waals surface area contributed by atoms with E-state index in [1.807, 2.05) is 62.4 Å². The summed E-state index contributed by atoms with van der Waals surface area (Å²) in [7, 11) is 0. The molecule has 0 bridgehead atoms. The van der Waals surface area contributed by atoms with Crippen molar-refractivity contribution in [3.05, 3.63) is 69.7 Å². The monoisotopic (exact) mass is 378 g/mol. The summed E-state index contributed by atoms with van der Waals surface area (Å²) in [5.41, 5.74) is 3.54. The van der Waals surface area contributed by atoms with Gasteiger partial charge in [-0.25, -0.2) is 9.97 Å². The quantitative estimate of drug-likeness (QED) is 0.537. The Hall–Kier alpha value is -3.19. The van der Waals surface area contributed by atoms with E-state index in [0.717, 1.165) is 21.8 Å². The Kier molecular flexibility index (Phi) is 4.60. The molecule has 0 aliphatic heterocycles. The normalized spacial score (nSPS) is 10.9. The molecule has 136 valence electrons. The highest BCUT2D eigenvalue weighted by Gasteiger charge is 2.17. The summed E-state index contributed by atoms with van der Waals surface area (Å²) in [5.74, 6) is 0.971. The molecule has 4 rings (SSSR count). The SMILES string of the molecule is Cc1ccc(OCc2nc(C)c(C(=O)Nc3nc4ccccc4[nH]3)s2)cc1. The standard InChI is InChI=1S/C20H18N4O2S/c1-12-7-9-14(10-8-12)26-11-17-21-13(2)18(27-17)19(25)24-20-22-15-5-3-4-6-16(15)23-20/h3-10H,11H2,1-2H3,(H2,22,23,24,25). The number of hydrogen-bond acceptors (Lipinski definition) is 5. The Balaban J connectivity index is 1.45. The number of imidazole rings is 1. The number of anilines is 1. The van der Waals surface area contributed by atoms with Gasteiger partial charge in [0.15, 0.2) is 0 Å². The van der Waals surface area contributed by atoms with Crippen molar-refractivity contribution in [1.82, 2.24) is 15.0 Å². The second-order valence-electron chi connectivity index (χ2n) is 6.18. The average Bonchev–Trinajstić information content (AvgIpc) is 3.23. The molecule has 0 atom stereocenters. The summed E-state index contributed by atoms with van der Waals surface area (Å²) in [4.78, 5) is 25.1. The van der Waals surface area contributed by atoms with Crippen LogP contribution in [-0.2, 0) is 6.61 Å². The first-order valence-corrected chi connectivity index (χ1v) is 9.32. The molecule has 27 heavy (non-hydrogen) atoms. The van der Waals surface area contributed by atoms with E-state index >= 15 is 0 Å². The maximum atomic E-state index is 12.6. The number of aromatic nitrogens is 3. The van der Waals surface area contributed by atoms with Gasteiger partial charge in [0.25, 0.3) is 5.91 Å². The summed E-state index contributed by atoms with van der Waals surface area (Å²) in [6, 6.07) is 15.5. The highest BCUT2D eigenvalue weighted by atomic mass is 32.1. The van der Waals surface area contributed by atoms with Crippen LogP contribution >= 0.6 is 11.3 Å². The number of aromatic amines is 1. The van der Waals surface area contributed by atoms with E-state index in [1.54, 1.807) is 0 Å². The molecule has 1 amide bonds. The number of carbonyl (C=O) groups is 1. The van der Waals surface area contributed by atoms with Crippen LogP contribution in [0, 0.1) is 13.8 Å². The summed E-state index contributed by atoms with van der Waals surface area (Å²) in [5, 5.41) is 3.56. The lowest BCUT2D eigenvalue weighted by molar-refractivity contribution is 0.102. The lowest BCUT2D eigenvalue weighted by Crippen LogP contribution is -2.12. The Morgan fingerprint density at radius 2 is 1.89 bits per heavy atom. The number of rotatable bonds is 5. The summed E-state index contributed by atoms with van der Waals surface area (Å²) in [6.07, 6.45) is 0. The van der Waals surface area contributed by atoms with Gasteiger partial charge < -0.3 is 9.72 Å². The molecule has 2 heterocycles. The third-order valence-corrected chi connectivity index (χ3v) is 5.18. The van der Waals surface area contributed by atoms with Gasteiger partial charge in [-0.2, -0.15) is 0 Å². The van der Waals surface area contributed by atoms with Gasteiger partial charge in [0.05, 0.1) is 16.7 Å². The molecule has 0 aliphatic carbocycles. The number of carbonyl (C=O) groups excluding carboxylic acids is 1. The molecule has 0 saturated heterocycles. The number of hydrogen-bond donors (Lipinski definition) is 2. The zero-order valence-corrected chi connectivity index (χ0v) is 15.8. The minimum Gasteiger partial charge on any atom is -0.486 e. The smallest absolute Gasteiger partial charge is 0.269 e. The number of para-hydroxylation sites is 2. The summed E-state index contributed by atoms with van der Waals surface area (Å²) >= 11 is 1.33. The van der Waals surface area contributed by atoms with Crippen LogP contribution in [0.4, 0.5) is 5.95 Å². The van der Waals surface area contributed by atoms with E-state index < -0.39 is 0 Å². The number of nitrogens with zero attached hydrogens (tertiary/aromatic N) is 2. The molecule has 7 heteroatoms. The van der Waals surface area contributed by atoms with Gasteiger partial charge in [-0.3, -0.25) is 10.1 Å². The number of H-pyrrole nitrogens is 1. The second-order valence-corrected chi connectivity index (χ2v) is 7.26. The number of aryl methyl sites for hydroxylation is 2. The lowest BCUT2D eigenvalue weighted by atomic mass is 10.2. The predicted octanol–water partition coefficient (Wildman–Crippen LogP) is 4.47. The number of thiazole rings is 1. The van der Waals surface area contributed by atoms with Gasteiger partial charge in [0, 0.05) is 0 Å². The molecular formula is C20H18N4O2S. The van der Waals surface area contributed by atoms with Crippen molar-refractivity contribution < 1.29 is 9.53 Å².